The van der Waals surface area contributed by atoms with E-state index in [0.717, 1.165) is 0 Å². The first-order valence-corrected chi connectivity index (χ1v) is 4.13. The molecule has 0 bridgehead atoms. The monoisotopic (exact) mass is 176 g/mol. The van der Waals surface area contributed by atoms with E-state index in [4.69, 9.17) is 4.74 Å². The quantitative estimate of drug-likeness (QED) is 0.401. The van der Waals surface area contributed by atoms with Crippen molar-refractivity contribution in [2.45, 2.75) is 6.92 Å². The van der Waals surface area contributed by atoms with Crippen molar-refractivity contribution in [1.29, 1.82) is 0 Å². The van der Waals surface area contributed by atoms with Crippen molar-refractivity contribution in [3.05, 3.63) is 43.0 Å². The zero-order valence-corrected chi connectivity index (χ0v) is 7.57. The Kier molecular flexibility index (Phi) is 3.26. The number of benzene rings is 1. The zero-order chi connectivity index (χ0) is 9.68. The highest BCUT2D eigenvalue weighted by molar-refractivity contribution is 5.76. The molecule has 0 heterocycles. The molecule has 0 aliphatic heterocycles. The molecular formula is C11H12O2. The second kappa shape index (κ2) is 4.45. The average Bonchev–Trinajstić information content (AvgIpc) is 2.18. The van der Waals surface area contributed by atoms with Gasteiger partial charge in [0.25, 0.3) is 0 Å². The molecule has 0 aliphatic carbocycles. The number of para-hydroxylation sites is 1. The zero-order valence-electron chi connectivity index (χ0n) is 7.57. The van der Waals surface area contributed by atoms with Gasteiger partial charge in [-0.3, -0.25) is 4.79 Å². The van der Waals surface area contributed by atoms with E-state index in [1.54, 1.807) is 25.1 Å². The van der Waals surface area contributed by atoms with Crippen LogP contribution in [0.4, 0.5) is 0 Å². The molecule has 13 heavy (non-hydrogen) atoms. The summed E-state index contributed by atoms with van der Waals surface area (Å²) in [6.45, 7) is 5.27. The highest BCUT2D eigenvalue weighted by atomic mass is 16.5. The molecule has 0 saturated carbocycles. The van der Waals surface area contributed by atoms with Crippen LogP contribution in [0.15, 0.2) is 43.0 Å². The maximum atomic E-state index is 11.3. The molecule has 1 unspecified atom stereocenters. The molecule has 0 aromatic heterocycles. The third kappa shape index (κ3) is 2.75. The van der Waals surface area contributed by atoms with E-state index in [2.05, 4.69) is 6.58 Å². The van der Waals surface area contributed by atoms with Crippen LogP contribution in [0.5, 0.6) is 5.75 Å². The summed E-state index contributed by atoms with van der Waals surface area (Å²) < 4.78 is 5.06. The fourth-order valence-electron chi connectivity index (χ4n) is 0.794. The summed E-state index contributed by atoms with van der Waals surface area (Å²) in [6.07, 6.45) is 1.56. The molecule has 68 valence electrons. The molecule has 2 heteroatoms. The minimum absolute atomic E-state index is 0.264. The minimum atomic E-state index is -0.277. The predicted octanol–water partition coefficient (Wildman–Crippen LogP) is 2.41. The standard InChI is InChI=1S/C11H12O2/c1-3-9(2)11(12)13-10-7-5-4-6-8-10/h3-9H,1H2,2H3. The highest BCUT2D eigenvalue weighted by Crippen LogP contribution is 2.11. The lowest BCUT2D eigenvalue weighted by Crippen LogP contribution is -2.15. The Bertz CT molecular complexity index is 290. The normalized spacial score (nSPS) is 11.8. The topological polar surface area (TPSA) is 26.3 Å². The van der Waals surface area contributed by atoms with Gasteiger partial charge in [0.05, 0.1) is 5.92 Å². The van der Waals surface area contributed by atoms with Gasteiger partial charge in [-0.15, -0.1) is 6.58 Å². The largest absolute Gasteiger partial charge is 0.426 e. The Morgan fingerprint density at radius 1 is 1.46 bits per heavy atom. The van der Waals surface area contributed by atoms with Crippen molar-refractivity contribution < 1.29 is 9.53 Å². The summed E-state index contributed by atoms with van der Waals surface area (Å²) in [4.78, 5) is 11.3. The summed E-state index contributed by atoms with van der Waals surface area (Å²) in [7, 11) is 0. The molecule has 0 aliphatic rings. The maximum Gasteiger partial charge on any atom is 0.317 e. The van der Waals surface area contributed by atoms with Gasteiger partial charge < -0.3 is 4.74 Å². The van der Waals surface area contributed by atoms with Crippen LogP contribution in [0.25, 0.3) is 0 Å². The summed E-state index contributed by atoms with van der Waals surface area (Å²) in [5.41, 5.74) is 0. The van der Waals surface area contributed by atoms with E-state index in [9.17, 15) is 4.79 Å². The van der Waals surface area contributed by atoms with Crippen LogP contribution in [-0.4, -0.2) is 5.97 Å². The Hall–Kier alpha value is -1.57. The number of ether oxygens (including phenoxy) is 1. The molecule has 2 nitrogen and oxygen atoms in total. The van der Waals surface area contributed by atoms with Crippen LogP contribution < -0.4 is 4.74 Å². The third-order valence-corrected chi connectivity index (χ3v) is 1.69. The van der Waals surface area contributed by atoms with Crippen LogP contribution in [0, 0.1) is 5.92 Å². The average molecular weight is 176 g/mol. The number of hydrogen-bond acceptors (Lipinski definition) is 2. The van der Waals surface area contributed by atoms with Gasteiger partial charge >= 0.3 is 5.97 Å². The summed E-state index contributed by atoms with van der Waals surface area (Å²) >= 11 is 0. The van der Waals surface area contributed by atoms with Crippen LogP contribution in [-0.2, 0) is 4.79 Å². The van der Waals surface area contributed by atoms with Crippen molar-refractivity contribution >= 4 is 5.97 Å². The van der Waals surface area contributed by atoms with Gasteiger partial charge in [-0.05, 0) is 19.1 Å². The van der Waals surface area contributed by atoms with E-state index in [1.807, 2.05) is 18.2 Å². The molecule has 0 N–H and O–H groups in total. The first-order valence-electron chi connectivity index (χ1n) is 4.13. The SMILES string of the molecule is C=CC(C)C(=O)Oc1ccccc1. The Morgan fingerprint density at radius 2 is 2.08 bits per heavy atom. The predicted molar refractivity (Wildman–Crippen MR) is 51.4 cm³/mol. The van der Waals surface area contributed by atoms with Gasteiger partial charge in [0.2, 0.25) is 0 Å². The van der Waals surface area contributed by atoms with Crippen molar-refractivity contribution in [1.82, 2.24) is 0 Å². The molecule has 1 aromatic carbocycles. The number of carbonyl (C=O) groups is 1. The highest BCUT2D eigenvalue weighted by Gasteiger charge is 2.10. The van der Waals surface area contributed by atoms with Crippen molar-refractivity contribution in [3.63, 3.8) is 0 Å². The van der Waals surface area contributed by atoms with Crippen LogP contribution in [0.3, 0.4) is 0 Å². The maximum absolute atomic E-state index is 11.3. The van der Waals surface area contributed by atoms with E-state index < -0.39 is 0 Å². The minimum Gasteiger partial charge on any atom is -0.426 e. The van der Waals surface area contributed by atoms with Crippen molar-refractivity contribution in [3.8, 4) is 5.75 Å². The van der Waals surface area contributed by atoms with Gasteiger partial charge in [-0.1, -0.05) is 24.3 Å². The van der Waals surface area contributed by atoms with Crippen LogP contribution in [0.1, 0.15) is 6.92 Å². The summed E-state index contributed by atoms with van der Waals surface area (Å²) in [6, 6.07) is 9.00. The smallest absolute Gasteiger partial charge is 0.317 e. The number of carbonyl (C=O) groups excluding carboxylic acids is 1. The molecule has 0 amide bonds. The van der Waals surface area contributed by atoms with Crippen LogP contribution in [0.2, 0.25) is 0 Å². The summed E-state index contributed by atoms with van der Waals surface area (Å²) in [5, 5.41) is 0. The summed E-state index contributed by atoms with van der Waals surface area (Å²) in [5.74, 6) is 0.0302. The fourth-order valence-corrected chi connectivity index (χ4v) is 0.794. The molecule has 0 radical (unpaired) electrons. The van der Waals surface area contributed by atoms with Crippen molar-refractivity contribution in [2.75, 3.05) is 0 Å². The second-order valence-electron chi connectivity index (χ2n) is 2.76. The number of esters is 1. The van der Waals surface area contributed by atoms with Crippen LogP contribution >= 0.6 is 0 Å². The lowest BCUT2D eigenvalue weighted by molar-refractivity contribution is -0.136. The molecule has 1 aromatic rings. The molecule has 0 fully saturated rings. The van der Waals surface area contributed by atoms with E-state index in [0.29, 0.717) is 5.75 Å². The van der Waals surface area contributed by atoms with Gasteiger partial charge in [0.15, 0.2) is 0 Å². The first kappa shape index (κ1) is 9.52. The molecule has 1 atom stereocenters. The van der Waals surface area contributed by atoms with Gasteiger partial charge in [0.1, 0.15) is 5.75 Å². The van der Waals surface area contributed by atoms with Gasteiger partial charge in [-0.25, -0.2) is 0 Å². The fraction of sp³-hybridized carbons (Fsp3) is 0.182. The van der Waals surface area contributed by atoms with E-state index in [1.165, 1.54) is 0 Å². The third-order valence-electron chi connectivity index (χ3n) is 1.69. The Balaban J connectivity index is 2.60. The van der Waals surface area contributed by atoms with E-state index in [-0.39, 0.29) is 11.9 Å². The second-order valence-corrected chi connectivity index (χ2v) is 2.76. The van der Waals surface area contributed by atoms with E-state index >= 15 is 0 Å². The number of rotatable bonds is 3. The Morgan fingerprint density at radius 3 is 2.62 bits per heavy atom. The molecule has 0 saturated heterocycles. The molecule has 1 rings (SSSR count). The van der Waals surface area contributed by atoms with Gasteiger partial charge in [0, 0.05) is 0 Å². The lowest BCUT2D eigenvalue weighted by Gasteiger charge is -2.06. The Labute approximate surface area is 77.8 Å². The van der Waals surface area contributed by atoms with Crippen molar-refractivity contribution in [2.24, 2.45) is 5.92 Å². The lowest BCUT2D eigenvalue weighted by atomic mass is 10.2. The molecular weight excluding hydrogens is 164 g/mol. The number of hydrogen-bond donors (Lipinski definition) is 0. The first-order chi connectivity index (χ1) is 6.24. The molecule has 0 spiro atoms. The van der Waals surface area contributed by atoms with Gasteiger partial charge in [-0.2, -0.15) is 0 Å².